The summed E-state index contributed by atoms with van der Waals surface area (Å²) in [5, 5.41) is 45.6. The molecule has 4 rings (SSSR count). The Kier molecular flexibility index (Phi) is 11.9. The number of hydrogen-bond donors (Lipinski definition) is 5. The predicted molar refractivity (Wildman–Crippen MR) is 171 cm³/mol. The molecule has 0 spiro atoms. The molecule has 0 radical (unpaired) electrons. The molecule has 0 saturated carbocycles. The molecule has 2 aliphatic heterocycles. The highest BCUT2D eigenvalue weighted by Gasteiger charge is 2.49. The first-order valence-electron chi connectivity index (χ1n) is 15.9. The Balaban J connectivity index is 1.46. The summed E-state index contributed by atoms with van der Waals surface area (Å²) in [6, 6.07) is 10.5. The maximum atomic E-state index is 13.2. The number of methoxy groups -OCH3 is 3. The van der Waals surface area contributed by atoms with Crippen molar-refractivity contribution in [2.45, 2.75) is 102 Å². The van der Waals surface area contributed by atoms with Gasteiger partial charge in [0.1, 0.15) is 29.3 Å². The van der Waals surface area contributed by atoms with Crippen LogP contribution in [0.5, 0.6) is 11.5 Å². The molecule has 0 unspecified atom stereocenters. The van der Waals surface area contributed by atoms with Gasteiger partial charge >= 0.3 is 5.97 Å². The number of esters is 1. The number of nitrogens with one attached hydrogen (secondary N) is 1. The normalized spacial score (nSPS) is 25.5. The van der Waals surface area contributed by atoms with E-state index >= 15 is 0 Å². The van der Waals surface area contributed by atoms with Gasteiger partial charge in [0.25, 0.3) is 5.91 Å². The Morgan fingerprint density at radius 1 is 1.06 bits per heavy atom. The summed E-state index contributed by atoms with van der Waals surface area (Å²) in [6.45, 7) is 7.38. The van der Waals surface area contributed by atoms with Crippen molar-refractivity contribution in [3.63, 3.8) is 0 Å². The van der Waals surface area contributed by atoms with Gasteiger partial charge in [-0.15, -0.1) is 0 Å². The van der Waals surface area contributed by atoms with Crippen LogP contribution in [0.1, 0.15) is 60.7 Å². The van der Waals surface area contributed by atoms with Gasteiger partial charge in [-0.25, -0.2) is 4.79 Å². The van der Waals surface area contributed by atoms with Crippen LogP contribution in [-0.4, -0.2) is 103 Å². The largest absolute Gasteiger partial charge is 0.508 e. The van der Waals surface area contributed by atoms with E-state index in [1.807, 2.05) is 44.2 Å². The van der Waals surface area contributed by atoms with Crippen LogP contribution < -0.4 is 5.32 Å². The number of benzene rings is 2. The lowest BCUT2D eigenvalue weighted by molar-refractivity contribution is -0.222. The first-order valence-corrected chi connectivity index (χ1v) is 15.9. The summed E-state index contributed by atoms with van der Waals surface area (Å²) >= 11 is 0. The molecular weight excluding hydrogens is 610 g/mol. The molecule has 2 aliphatic rings. The van der Waals surface area contributed by atoms with E-state index < -0.39 is 66.1 Å². The van der Waals surface area contributed by atoms with Crippen molar-refractivity contribution < 1.29 is 53.7 Å². The number of aromatic hydroxyl groups is 2. The highest BCUT2D eigenvalue weighted by molar-refractivity contribution is 5.96. The molecule has 1 fully saturated rings. The number of cyclic esters (lactones) is 1. The Labute approximate surface area is 275 Å². The average Bonchev–Trinajstić information content (AvgIpc) is 3.05. The van der Waals surface area contributed by atoms with Gasteiger partial charge in [0, 0.05) is 64.4 Å². The second kappa shape index (κ2) is 15.3. The third kappa shape index (κ3) is 7.90. The Morgan fingerprint density at radius 3 is 2.36 bits per heavy atom. The Hall–Kier alpha value is -3.26. The van der Waals surface area contributed by atoms with E-state index in [2.05, 4.69) is 5.32 Å². The topological polar surface area (TPSA) is 173 Å². The standard InChI is InChI=1S/C35H49NO11/c1-18-21-14-25(47-34(42)30(21)24(39)15-22(18)37)19(2)23(38)16-29-35(3,4)28(44-6)17-27(46-29)33(45-7)36-32(41)31(40)26(43-5)13-20-11-9-8-10-12-20/h8-12,15,19,23,25-29,31,33,37-40H,13-14,16-17H2,1-7H3,(H,36,41)/t19-,23+,25-,26+,27+,28-,29-,31+,33+/m1/s1. The molecule has 0 bridgehead atoms. The number of amides is 1. The number of carbonyl (C=O) groups excluding carboxylic acids is 2. The van der Waals surface area contributed by atoms with Crippen LogP contribution in [0, 0.1) is 18.3 Å². The van der Waals surface area contributed by atoms with Crippen LogP contribution in [0.15, 0.2) is 36.4 Å². The van der Waals surface area contributed by atoms with Crippen LogP contribution >= 0.6 is 0 Å². The lowest BCUT2D eigenvalue weighted by atomic mass is 9.72. The van der Waals surface area contributed by atoms with Crippen LogP contribution in [0.2, 0.25) is 0 Å². The molecule has 9 atom stereocenters. The van der Waals surface area contributed by atoms with Gasteiger partial charge in [0.15, 0.2) is 12.3 Å². The number of carbonyl (C=O) groups is 2. The zero-order valence-electron chi connectivity index (χ0n) is 28.1. The Bertz CT molecular complexity index is 1380. The van der Waals surface area contributed by atoms with E-state index in [1.54, 1.807) is 21.0 Å². The first-order chi connectivity index (χ1) is 22.2. The minimum absolute atomic E-state index is 0.0235. The summed E-state index contributed by atoms with van der Waals surface area (Å²) in [5.74, 6) is -2.42. The van der Waals surface area contributed by atoms with Crippen molar-refractivity contribution in [2.75, 3.05) is 21.3 Å². The number of phenolic OH excluding ortho intramolecular Hbond substituents is 2. The lowest BCUT2D eigenvalue weighted by Crippen LogP contribution is -2.59. The minimum atomic E-state index is -1.48. The summed E-state index contributed by atoms with van der Waals surface area (Å²) in [4.78, 5) is 26.1. The van der Waals surface area contributed by atoms with Gasteiger partial charge in [0.05, 0.1) is 24.4 Å². The number of rotatable bonds is 13. The van der Waals surface area contributed by atoms with Crippen molar-refractivity contribution in [3.8, 4) is 11.5 Å². The first kappa shape index (κ1) is 36.6. The van der Waals surface area contributed by atoms with Gasteiger partial charge < -0.3 is 49.4 Å². The van der Waals surface area contributed by atoms with Crippen LogP contribution in [0.25, 0.3) is 0 Å². The summed E-state index contributed by atoms with van der Waals surface area (Å²) < 4.78 is 29.1. The van der Waals surface area contributed by atoms with Gasteiger partial charge in [-0.05, 0) is 23.6 Å². The number of ether oxygens (including phenoxy) is 5. The van der Waals surface area contributed by atoms with E-state index in [0.717, 1.165) is 11.6 Å². The third-order valence-corrected chi connectivity index (χ3v) is 9.99. The SMILES string of the molecule is CO[C@@H](Cc1ccccc1)[C@H](O)C(=O)N[C@@H](OC)[C@@H]1C[C@@H](OC)C(C)(C)[C@@H](C[C@H](O)[C@@H](C)[C@H]2Cc3c(C)c(O)cc(O)c3C(=O)O2)O1. The van der Waals surface area contributed by atoms with Gasteiger partial charge in [-0.2, -0.15) is 0 Å². The zero-order chi connectivity index (χ0) is 34.6. The predicted octanol–water partition coefficient (Wildman–Crippen LogP) is 2.78. The molecule has 47 heavy (non-hydrogen) atoms. The second-order valence-corrected chi connectivity index (χ2v) is 13.2. The fourth-order valence-electron chi connectivity index (χ4n) is 6.69. The minimum Gasteiger partial charge on any atom is -0.508 e. The molecule has 0 aromatic heterocycles. The molecule has 1 saturated heterocycles. The molecule has 0 aliphatic carbocycles. The number of fused-ring (bicyclic) bond motifs is 1. The molecular formula is C35H49NO11. The van der Waals surface area contributed by atoms with Crippen LogP contribution in [0.4, 0.5) is 0 Å². The number of hydrogen-bond acceptors (Lipinski definition) is 11. The highest BCUT2D eigenvalue weighted by atomic mass is 16.6. The maximum absolute atomic E-state index is 13.2. The number of aliphatic hydroxyl groups excluding tert-OH is 2. The van der Waals surface area contributed by atoms with Crippen molar-refractivity contribution in [2.24, 2.45) is 11.3 Å². The zero-order valence-corrected chi connectivity index (χ0v) is 28.1. The van der Waals surface area contributed by atoms with Crippen molar-refractivity contribution >= 4 is 11.9 Å². The average molecular weight is 660 g/mol. The summed E-state index contributed by atoms with van der Waals surface area (Å²) in [7, 11) is 4.46. The van der Waals surface area contributed by atoms with E-state index in [1.165, 1.54) is 14.2 Å². The van der Waals surface area contributed by atoms with Crippen molar-refractivity contribution in [3.05, 3.63) is 58.7 Å². The quantitative estimate of drug-likeness (QED) is 0.158. The fraction of sp³-hybridized carbons (Fsp3) is 0.600. The Morgan fingerprint density at radius 2 is 1.74 bits per heavy atom. The smallest absolute Gasteiger partial charge is 0.342 e. The van der Waals surface area contributed by atoms with E-state index in [0.29, 0.717) is 24.0 Å². The fourth-order valence-corrected chi connectivity index (χ4v) is 6.69. The lowest BCUT2D eigenvalue weighted by Gasteiger charge is -2.49. The van der Waals surface area contributed by atoms with Crippen molar-refractivity contribution in [1.82, 2.24) is 5.32 Å². The summed E-state index contributed by atoms with van der Waals surface area (Å²) in [5.41, 5.74) is 1.31. The van der Waals surface area contributed by atoms with E-state index in [-0.39, 0.29) is 36.0 Å². The molecule has 2 aromatic rings. The van der Waals surface area contributed by atoms with Crippen molar-refractivity contribution in [1.29, 1.82) is 0 Å². The van der Waals surface area contributed by atoms with E-state index in [9.17, 15) is 30.0 Å². The van der Waals surface area contributed by atoms with E-state index in [4.69, 9.17) is 23.7 Å². The second-order valence-electron chi connectivity index (χ2n) is 13.2. The number of aliphatic hydroxyl groups is 2. The van der Waals surface area contributed by atoms with Gasteiger partial charge in [-0.3, -0.25) is 4.79 Å². The maximum Gasteiger partial charge on any atom is 0.342 e. The van der Waals surface area contributed by atoms with Gasteiger partial charge in [0.2, 0.25) is 0 Å². The summed E-state index contributed by atoms with van der Waals surface area (Å²) in [6.07, 6.45) is -5.50. The van der Waals surface area contributed by atoms with Crippen LogP contribution in [-0.2, 0) is 41.3 Å². The molecule has 2 heterocycles. The molecule has 2 aromatic carbocycles. The molecule has 12 heteroatoms. The molecule has 5 N–H and O–H groups in total. The highest BCUT2D eigenvalue weighted by Crippen LogP contribution is 2.43. The van der Waals surface area contributed by atoms with Gasteiger partial charge in [-0.1, -0.05) is 51.1 Å². The van der Waals surface area contributed by atoms with Crippen LogP contribution in [0.3, 0.4) is 0 Å². The molecule has 260 valence electrons. The number of phenols is 2. The monoisotopic (exact) mass is 659 g/mol. The third-order valence-electron chi connectivity index (χ3n) is 9.99. The molecule has 1 amide bonds. The molecule has 12 nitrogen and oxygen atoms in total.